The van der Waals surface area contributed by atoms with E-state index >= 15 is 0 Å². The van der Waals surface area contributed by atoms with E-state index in [4.69, 9.17) is 4.74 Å². The largest absolute Gasteiger partial charge is 0.457 e. The Bertz CT molecular complexity index is 838. The predicted octanol–water partition coefficient (Wildman–Crippen LogP) is 5.10. The van der Waals surface area contributed by atoms with Gasteiger partial charge in [0.25, 0.3) is 0 Å². The molecular formula is C22H18O2. The van der Waals surface area contributed by atoms with Crippen LogP contribution in [0.25, 0.3) is 11.1 Å². The molecule has 0 saturated carbocycles. The molecule has 24 heavy (non-hydrogen) atoms. The second-order valence-electron chi connectivity index (χ2n) is 6.09. The molecule has 1 atom stereocenters. The molecule has 0 aliphatic heterocycles. The van der Waals surface area contributed by atoms with Crippen molar-refractivity contribution in [2.24, 2.45) is 0 Å². The van der Waals surface area contributed by atoms with Crippen LogP contribution >= 0.6 is 0 Å². The lowest BCUT2D eigenvalue weighted by molar-refractivity contribution is -0.147. The molecule has 0 radical (unpaired) electrons. The number of ether oxygens (including phenoxy) is 1. The number of esters is 1. The Kier molecular flexibility index (Phi) is 3.66. The van der Waals surface area contributed by atoms with E-state index in [1.165, 1.54) is 29.2 Å². The van der Waals surface area contributed by atoms with Crippen LogP contribution in [0.3, 0.4) is 0 Å². The summed E-state index contributed by atoms with van der Waals surface area (Å²) in [6.45, 7) is 1.47. The monoisotopic (exact) mass is 314 g/mol. The molecule has 1 aliphatic carbocycles. The SMILES string of the molecule is CC(=O)OC(c1ccccc1)C1c2ccccc2-c2ccccc21. The van der Waals surface area contributed by atoms with Gasteiger partial charge >= 0.3 is 5.97 Å². The first kappa shape index (κ1) is 14.7. The van der Waals surface area contributed by atoms with E-state index in [2.05, 4.69) is 36.4 Å². The van der Waals surface area contributed by atoms with E-state index in [1.54, 1.807) is 0 Å². The zero-order valence-electron chi connectivity index (χ0n) is 13.5. The summed E-state index contributed by atoms with van der Waals surface area (Å²) in [5, 5.41) is 0. The molecule has 0 spiro atoms. The first-order valence-electron chi connectivity index (χ1n) is 8.16. The maximum atomic E-state index is 11.8. The van der Waals surface area contributed by atoms with Gasteiger partial charge in [-0.15, -0.1) is 0 Å². The smallest absolute Gasteiger partial charge is 0.303 e. The summed E-state index contributed by atoms with van der Waals surface area (Å²) in [5.41, 5.74) is 5.91. The lowest BCUT2D eigenvalue weighted by Crippen LogP contribution is -2.16. The minimum Gasteiger partial charge on any atom is -0.457 e. The summed E-state index contributed by atoms with van der Waals surface area (Å²) in [6.07, 6.45) is -0.325. The van der Waals surface area contributed by atoms with Crippen LogP contribution in [0.5, 0.6) is 0 Å². The van der Waals surface area contributed by atoms with Crippen LogP contribution < -0.4 is 0 Å². The molecule has 0 aromatic heterocycles. The van der Waals surface area contributed by atoms with Crippen LogP contribution in [0.4, 0.5) is 0 Å². The minimum atomic E-state index is -0.325. The molecule has 2 nitrogen and oxygen atoms in total. The summed E-state index contributed by atoms with van der Waals surface area (Å²) in [4.78, 5) is 11.8. The molecule has 0 saturated heterocycles. The Morgan fingerprint density at radius 2 is 1.29 bits per heavy atom. The Labute approximate surface area is 141 Å². The highest BCUT2D eigenvalue weighted by Gasteiger charge is 2.36. The summed E-state index contributed by atoms with van der Waals surface area (Å²) in [5.74, 6) is -0.241. The van der Waals surface area contributed by atoms with E-state index in [0.717, 1.165) is 5.56 Å². The Morgan fingerprint density at radius 3 is 1.83 bits per heavy atom. The van der Waals surface area contributed by atoms with Crippen molar-refractivity contribution in [1.82, 2.24) is 0 Å². The molecule has 4 rings (SSSR count). The highest BCUT2D eigenvalue weighted by atomic mass is 16.5. The molecule has 0 bridgehead atoms. The molecule has 3 aromatic carbocycles. The average Bonchev–Trinajstić information content (AvgIpc) is 2.95. The van der Waals surface area contributed by atoms with Crippen LogP contribution in [0.1, 0.15) is 35.6 Å². The van der Waals surface area contributed by atoms with Crippen LogP contribution in [-0.4, -0.2) is 5.97 Å². The van der Waals surface area contributed by atoms with Gasteiger partial charge in [0.15, 0.2) is 0 Å². The van der Waals surface area contributed by atoms with Gasteiger partial charge in [0.1, 0.15) is 6.10 Å². The molecule has 1 aliphatic rings. The van der Waals surface area contributed by atoms with Gasteiger partial charge in [0.2, 0.25) is 0 Å². The summed E-state index contributed by atoms with van der Waals surface area (Å²) < 4.78 is 5.80. The van der Waals surface area contributed by atoms with Crippen molar-refractivity contribution >= 4 is 5.97 Å². The first-order valence-corrected chi connectivity index (χ1v) is 8.16. The lowest BCUT2D eigenvalue weighted by Gasteiger charge is -2.25. The fourth-order valence-electron chi connectivity index (χ4n) is 3.67. The Hall–Kier alpha value is -2.87. The second kappa shape index (κ2) is 5.97. The molecule has 118 valence electrons. The third-order valence-corrected chi connectivity index (χ3v) is 4.61. The molecule has 3 aromatic rings. The van der Waals surface area contributed by atoms with Gasteiger partial charge in [-0.1, -0.05) is 78.9 Å². The topological polar surface area (TPSA) is 26.3 Å². The average molecular weight is 314 g/mol. The number of hydrogen-bond donors (Lipinski definition) is 0. The maximum Gasteiger partial charge on any atom is 0.303 e. The quantitative estimate of drug-likeness (QED) is 0.628. The lowest BCUT2D eigenvalue weighted by atomic mass is 9.87. The highest BCUT2D eigenvalue weighted by molar-refractivity contribution is 5.79. The Balaban J connectivity index is 1.91. The molecule has 1 unspecified atom stereocenters. The predicted molar refractivity (Wildman–Crippen MR) is 94.7 cm³/mol. The molecular weight excluding hydrogens is 296 g/mol. The van der Waals surface area contributed by atoms with Gasteiger partial charge < -0.3 is 4.74 Å². The second-order valence-corrected chi connectivity index (χ2v) is 6.09. The van der Waals surface area contributed by atoms with Crippen molar-refractivity contribution in [2.75, 3.05) is 0 Å². The van der Waals surface area contributed by atoms with Crippen molar-refractivity contribution < 1.29 is 9.53 Å². The van der Waals surface area contributed by atoms with Crippen LogP contribution in [-0.2, 0) is 9.53 Å². The van der Waals surface area contributed by atoms with Crippen molar-refractivity contribution in [3.63, 3.8) is 0 Å². The van der Waals surface area contributed by atoms with E-state index in [-0.39, 0.29) is 18.0 Å². The third-order valence-electron chi connectivity index (χ3n) is 4.61. The molecule has 2 heteroatoms. The summed E-state index contributed by atoms with van der Waals surface area (Å²) >= 11 is 0. The van der Waals surface area contributed by atoms with Gasteiger partial charge in [0, 0.05) is 6.92 Å². The number of rotatable bonds is 3. The summed E-state index contributed by atoms with van der Waals surface area (Å²) in [7, 11) is 0. The van der Waals surface area contributed by atoms with Gasteiger partial charge in [-0.25, -0.2) is 0 Å². The van der Waals surface area contributed by atoms with E-state index in [9.17, 15) is 4.79 Å². The number of benzene rings is 3. The zero-order valence-corrected chi connectivity index (χ0v) is 13.5. The van der Waals surface area contributed by atoms with Gasteiger partial charge in [0.05, 0.1) is 5.92 Å². The zero-order chi connectivity index (χ0) is 16.5. The van der Waals surface area contributed by atoms with Crippen LogP contribution in [0.2, 0.25) is 0 Å². The molecule has 0 fully saturated rings. The normalized spacial score (nSPS) is 13.9. The van der Waals surface area contributed by atoms with E-state index < -0.39 is 0 Å². The third kappa shape index (κ3) is 2.41. The first-order chi connectivity index (χ1) is 11.8. The summed E-state index contributed by atoms with van der Waals surface area (Å²) in [6, 6.07) is 26.8. The number of carbonyl (C=O) groups is 1. The van der Waals surface area contributed by atoms with Gasteiger partial charge in [-0.3, -0.25) is 4.79 Å². The van der Waals surface area contributed by atoms with Gasteiger partial charge in [-0.2, -0.15) is 0 Å². The van der Waals surface area contributed by atoms with E-state index in [1.807, 2.05) is 42.5 Å². The van der Waals surface area contributed by atoms with Crippen LogP contribution in [0.15, 0.2) is 78.9 Å². The van der Waals surface area contributed by atoms with Crippen molar-refractivity contribution in [3.05, 3.63) is 95.6 Å². The number of hydrogen-bond acceptors (Lipinski definition) is 2. The highest BCUT2D eigenvalue weighted by Crippen LogP contribution is 2.51. The van der Waals surface area contributed by atoms with Crippen molar-refractivity contribution in [1.29, 1.82) is 0 Å². The van der Waals surface area contributed by atoms with E-state index in [0.29, 0.717) is 0 Å². The minimum absolute atomic E-state index is 0.0173. The maximum absolute atomic E-state index is 11.8. The molecule has 0 N–H and O–H groups in total. The number of fused-ring (bicyclic) bond motifs is 3. The van der Waals surface area contributed by atoms with Crippen molar-refractivity contribution in [2.45, 2.75) is 18.9 Å². The van der Waals surface area contributed by atoms with Crippen LogP contribution in [0, 0.1) is 0 Å². The Morgan fingerprint density at radius 1 is 0.792 bits per heavy atom. The van der Waals surface area contributed by atoms with Gasteiger partial charge in [-0.05, 0) is 27.8 Å². The standard InChI is InChI=1S/C22H18O2/c1-15(23)24-22(16-9-3-2-4-10-16)21-19-13-7-5-11-17(19)18-12-6-8-14-20(18)21/h2-14,21-22H,1H3. The fourth-order valence-corrected chi connectivity index (χ4v) is 3.67. The number of carbonyl (C=O) groups excluding carboxylic acids is 1. The molecule has 0 amide bonds. The van der Waals surface area contributed by atoms with Crippen molar-refractivity contribution in [3.8, 4) is 11.1 Å². The fraction of sp³-hybridized carbons (Fsp3) is 0.136. The molecule has 0 heterocycles.